The number of aryl methyl sites for hydroxylation is 2. The summed E-state index contributed by atoms with van der Waals surface area (Å²) in [4.78, 5) is 22.6. The van der Waals surface area contributed by atoms with Crippen molar-refractivity contribution in [2.24, 2.45) is 0 Å². The van der Waals surface area contributed by atoms with Crippen molar-refractivity contribution in [3.8, 4) is 0 Å². The van der Waals surface area contributed by atoms with Crippen molar-refractivity contribution in [2.75, 3.05) is 11.9 Å². The molecule has 1 amide bonds. The molecular weight excluding hydrogens is 242 g/mol. The number of benzene rings is 1. The first-order valence-corrected chi connectivity index (χ1v) is 5.58. The van der Waals surface area contributed by atoms with E-state index in [0.29, 0.717) is 10.7 Å². The van der Waals surface area contributed by atoms with E-state index in [-0.39, 0.29) is 6.61 Å². The smallest absolute Gasteiger partial charge is 0.397 e. The maximum absolute atomic E-state index is 11.4. The van der Waals surface area contributed by atoms with Crippen LogP contribution < -0.4 is 5.32 Å². The highest BCUT2D eigenvalue weighted by Crippen LogP contribution is 2.27. The van der Waals surface area contributed by atoms with Crippen molar-refractivity contribution >= 4 is 29.2 Å². The van der Waals surface area contributed by atoms with Crippen LogP contribution in [0.4, 0.5) is 5.69 Å². The summed E-state index contributed by atoms with van der Waals surface area (Å²) in [5.41, 5.74) is 2.23. The molecular formula is C12H14ClNO3. The zero-order valence-corrected chi connectivity index (χ0v) is 10.7. The first-order chi connectivity index (χ1) is 7.95. The Morgan fingerprint density at radius 1 is 1.35 bits per heavy atom. The molecule has 0 atom stereocenters. The highest BCUT2D eigenvalue weighted by Gasteiger charge is 2.17. The van der Waals surface area contributed by atoms with Crippen LogP contribution in [0.25, 0.3) is 0 Å². The van der Waals surface area contributed by atoms with Gasteiger partial charge >= 0.3 is 11.9 Å². The number of halogens is 1. The van der Waals surface area contributed by atoms with E-state index in [1.54, 1.807) is 19.9 Å². The Morgan fingerprint density at radius 3 is 2.53 bits per heavy atom. The second-order valence-electron chi connectivity index (χ2n) is 3.61. The highest BCUT2D eigenvalue weighted by atomic mass is 35.5. The molecule has 1 aromatic carbocycles. The molecule has 1 N–H and O–H groups in total. The molecule has 5 heteroatoms. The molecule has 92 valence electrons. The van der Waals surface area contributed by atoms with Gasteiger partial charge < -0.3 is 10.1 Å². The summed E-state index contributed by atoms with van der Waals surface area (Å²) < 4.78 is 4.59. The standard InChI is InChI=1S/C12H14ClNO3/c1-4-17-12(16)11(15)14-10-8(3)5-7(2)6-9(10)13/h5-6H,4H2,1-3H3,(H,14,15). The summed E-state index contributed by atoms with van der Waals surface area (Å²) in [6.45, 7) is 5.50. The Balaban J connectivity index is 2.89. The van der Waals surface area contributed by atoms with Crippen molar-refractivity contribution in [3.63, 3.8) is 0 Å². The van der Waals surface area contributed by atoms with Gasteiger partial charge in [0.15, 0.2) is 0 Å². The average Bonchev–Trinajstić information content (AvgIpc) is 2.23. The molecule has 0 aliphatic rings. The monoisotopic (exact) mass is 255 g/mol. The molecule has 17 heavy (non-hydrogen) atoms. The van der Waals surface area contributed by atoms with Crippen molar-refractivity contribution in [1.29, 1.82) is 0 Å². The fraction of sp³-hybridized carbons (Fsp3) is 0.333. The number of carbonyl (C=O) groups is 2. The van der Waals surface area contributed by atoms with E-state index in [4.69, 9.17) is 11.6 Å². The lowest BCUT2D eigenvalue weighted by Crippen LogP contribution is -2.25. The summed E-state index contributed by atoms with van der Waals surface area (Å²) in [7, 11) is 0. The van der Waals surface area contributed by atoms with Gasteiger partial charge in [0.1, 0.15) is 0 Å². The van der Waals surface area contributed by atoms with Crippen molar-refractivity contribution in [2.45, 2.75) is 20.8 Å². The maximum Gasteiger partial charge on any atom is 0.397 e. The summed E-state index contributed by atoms with van der Waals surface area (Å²) in [6, 6.07) is 3.59. The molecule has 0 heterocycles. The molecule has 1 rings (SSSR count). The van der Waals surface area contributed by atoms with Gasteiger partial charge in [-0.3, -0.25) is 4.79 Å². The van der Waals surface area contributed by atoms with Crippen LogP contribution in [-0.4, -0.2) is 18.5 Å². The van der Waals surface area contributed by atoms with E-state index in [2.05, 4.69) is 10.1 Å². The van der Waals surface area contributed by atoms with Crippen LogP contribution >= 0.6 is 11.6 Å². The molecule has 0 spiro atoms. The lowest BCUT2D eigenvalue weighted by molar-refractivity contribution is -0.152. The van der Waals surface area contributed by atoms with Crippen molar-refractivity contribution in [1.82, 2.24) is 0 Å². The number of amides is 1. The van der Waals surface area contributed by atoms with E-state index in [9.17, 15) is 9.59 Å². The summed E-state index contributed by atoms with van der Waals surface area (Å²) in [6.07, 6.45) is 0. The van der Waals surface area contributed by atoms with E-state index < -0.39 is 11.9 Å². The Hall–Kier alpha value is -1.55. The Morgan fingerprint density at radius 2 is 2.00 bits per heavy atom. The first kappa shape index (κ1) is 13.5. The van der Waals surface area contributed by atoms with Gasteiger partial charge in [-0.25, -0.2) is 4.79 Å². The second-order valence-corrected chi connectivity index (χ2v) is 4.02. The number of ether oxygens (including phenoxy) is 1. The van der Waals surface area contributed by atoms with Gasteiger partial charge in [-0.1, -0.05) is 17.7 Å². The van der Waals surface area contributed by atoms with E-state index in [0.717, 1.165) is 11.1 Å². The number of hydrogen-bond donors (Lipinski definition) is 1. The van der Waals surface area contributed by atoms with Gasteiger partial charge in [-0.2, -0.15) is 0 Å². The maximum atomic E-state index is 11.4. The largest absolute Gasteiger partial charge is 0.459 e. The van der Waals surface area contributed by atoms with Gasteiger partial charge in [0.25, 0.3) is 0 Å². The molecule has 0 saturated carbocycles. The average molecular weight is 256 g/mol. The molecule has 0 aliphatic carbocycles. The van der Waals surface area contributed by atoms with Crippen LogP contribution in [0.3, 0.4) is 0 Å². The number of esters is 1. The number of nitrogens with one attached hydrogen (secondary N) is 1. The van der Waals surface area contributed by atoms with Gasteiger partial charge in [-0.15, -0.1) is 0 Å². The third-order valence-electron chi connectivity index (χ3n) is 2.13. The van der Waals surface area contributed by atoms with E-state index in [1.165, 1.54) is 0 Å². The number of anilines is 1. The molecule has 0 unspecified atom stereocenters. The van der Waals surface area contributed by atoms with Crippen LogP contribution in [-0.2, 0) is 14.3 Å². The minimum Gasteiger partial charge on any atom is -0.459 e. The topological polar surface area (TPSA) is 55.4 Å². The molecule has 0 bridgehead atoms. The first-order valence-electron chi connectivity index (χ1n) is 5.20. The van der Waals surface area contributed by atoms with Gasteiger partial charge in [0, 0.05) is 0 Å². The van der Waals surface area contributed by atoms with Crippen LogP contribution in [0, 0.1) is 13.8 Å². The third-order valence-corrected chi connectivity index (χ3v) is 2.43. The molecule has 4 nitrogen and oxygen atoms in total. The molecule has 1 aromatic rings. The van der Waals surface area contributed by atoms with E-state index in [1.807, 2.05) is 13.0 Å². The lowest BCUT2D eigenvalue weighted by atomic mass is 10.1. The van der Waals surface area contributed by atoms with E-state index >= 15 is 0 Å². The van der Waals surface area contributed by atoms with Gasteiger partial charge in [-0.05, 0) is 38.0 Å². The van der Waals surface area contributed by atoms with Crippen LogP contribution in [0.5, 0.6) is 0 Å². The van der Waals surface area contributed by atoms with Gasteiger partial charge in [0.05, 0.1) is 17.3 Å². The van der Waals surface area contributed by atoms with Crippen molar-refractivity contribution < 1.29 is 14.3 Å². The van der Waals surface area contributed by atoms with Crippen LogP contribution in [0.15, 0.2) is 12.1 Å². The highest BCUT2D eigenvalue weighted by molar-refractivity contribution is 6.40. The minimum absolute atomic E-state index is 0.160. The predicted octanol–water partition coefficient (Wildman–Crippen LogP) is 2.46. The summed E-state index contributed by atoms with van der Waals surface area (Å²) >= 11 is 5.99. The van der Waals surface area contributed by atoms with Crippen molar-refractivity contribution in [3.05, 3.63) is 28.3 Å². The van der Waals surface area contributed by atoms with Crippen LogP contribution in [0.1, 0.15) is 18.1 Å². The minimum atomic E-state index is -0.913. The Labute approximate surface area is 105 Å². The molecule has 0 aromatic heterocycles. The number of rotatable bonds is 2. The molecule has 0 radical (unpaired) electrons. The normalized spacial score (nSPS) is 9.88. The summed E-state index contributed by atoms with van der Waals surface area (Å²) in [5, 5.41) is 2.85. The zero-order valence-electron chi connectivity index (χ0n) is 9.96. The molecule has 0 saturated heterocycles. The Bertz CT molecular complexity index is 434. The number of hydrogen-bond acceptors (Lipinski definition) is 3. The predicted molar refractivity (Wildman–Crippen MR) is 66.2 cm³/mol. The fourth-order valence-corrected chi connectivity index (χ4v) is 1.80. The third kappa shape index (κ3) is 3.46. The van der Waals surface area contributed by atoms with Gasteiger partial charge in [0.2, 0.25) is 0 Å². The Kier molecular flexibility index (Phi) is 4.52. The zero-order chi connectivity index (χ0) is 13.0. The lowest BCUT2D eigenvalue weighted by Gasteiger charge is -2.10. The quantitative estimate of drug-likeness (QED) is 0.652. The SMILES string of the molecule is CCOC(=O)C(=O)Nc1c(C)cc(C)cc1Cl. The molecule has 0 aliphatic heterocycles. The number of carbonyl (C=O) groups excluding carboxylic acids is 2. The van der Waals surface area contributed by atoms with Crippen LogP contribution in [0.2, 0.25) is 5.02 Å². The summed E-state index contributed by atoms with van der Waals surface area (Å²) in [5.74, 6) is -1.73. The molecule has 0 fully saturated rings. The fourth-order valence-electron chi connectivity index (χ4n) is 1.44. The second kappa shape index (κ2) is 5.68.